The molecule has 0 amide bonds. The van der Waals surface area contributed by atoms with Crippen LogP contribution in [0.25, 0.3) is 0 Å². The van der Waals surface area contributed by atoms with Crippen LogP contribution < -0.4 is 4.74 Å². The summed E-state index contributed by atoms with van der Waals surface area (Å²) in [7, 11) is 0. The number of hydrogen-bond donors (Lipinski definition) is 1. The Morgan fingerprint density at radius 1 is 1.47 bits per heavy atom. The van der Waals surface area contributed by atoms with Crippen molar-refractivity contribution < 1.29 is 4.74 Å². The van der Waals surface area contributed by atoms with Crippen LogP contribution in [0.15, 0.2) is 22.7 Å². The summed E-state index contributed by atoms with van der Waals surface area (Å²) in [6, 6.07) is 5.64. The van der Waals surface area contributed by atoms with Gasteiger partial charge in [0, 0.05) is 9.89 Å². The first-order chi connectivity index (χ1) is 7.15. The lowest BCUT2D eigenvalue weighted by atomic mass is 10.2. The molecule has 0 saturated heterocycles. The third-order valence-electron chi connectivity index (χ3n) is 2.72. The quantitative estimate of drug-likeness (QED) is 0.821. The van der Waals surface area contributed by atoms with Gasteiger partial charge in [-0.1, -0.05) is 27.5 Å². The molecule has 0 bridgehead atoms. The van der Waals surface area contributed by atoms with E-state index in [1.807, 2.05) is 18.2 Å². The molecule has 15 heavy (non-hydrogen) atoms. The zero-order valence-electron chi connectivity index (χ0n) is 8.17. The summed E-state index contributed by atoms with van der Waals surface area (Å²) in [5, 5.41) is 0.660. The van der Waals surface area contributed by atoms with E-state index in [1.165, 1.54) is 12.8 Å². The molecule has 0 heterocycles. The van der Waals surface area contributed by atoms with Crippen molar-refractivity contribution in [3.8, 4) is 5.75 Å². The minimum absolute atomic E-state index is 0.300. The second-order valence-corrected chi connectivity index (χ2v) is 5.66. The van der Waals surface area contributed by atoms with E-state index in [1.54, 1.807) is 0 Å². The first-order valence-electron chi connectivity index (χ1n) is 4.84. The van der Waals surface area contributed by atoms with Crippen molar-refractivity contribution in [1.29, 1.82) is 0 Å². The van der Waals surface area contributed by atoms with Gasteiger partial charge in [0.25, 0.3) is 0 Å². The van der Waals surface area contributed by atoms with E-state index in [4.69, 9.17) is 16.3 Å². The minimum atomic E-state index is 0.300. The Balaban J connectivity index is 2.01. The monoisotopic (exact) mass is 306 g/mol. The van der Waals surface area contributed by atoms with Gasteiger partial charge in [-0.15, -0.1) is 0 Å². The van der Waals surface area contributed by atoms with E-state index in [0.717, 1.165) is 16.0 Å². The normalized spacial score (nSPS) is 17.5. The summed E-state index contributed by atoms with van der Waals surface area (Å²) in [4.78, 5) is 0. The Morgan fingerprint density at radius 2 is 2.20 bits per heavy atom. The Hall–Kier alpha value is 0.140. The number of ether oxygens (including phenoxy) is 1. The smallest absolute Gasteiger partial charge is 0.139 e. The van der Waals surface area contributed by atoms with Crippen molar-refractivity contribution in [2.24, 2.45) is 5.41 Å². The van der Waals surface area contributed by atoms with Crippen LogP contribution in [0.2, 0.25) is 5.02 Å². The van der Waals surface area contributed by atoms with Crippen LogP contribution in [0.5, 0.6) is 5.75 Å². The van der Waals surface area contributed by atoms with Crippen molar-refractivity contribution in [1.82, 2.24) is 0 Å². The highest BCUT2D eigenvalue weighted by molar-refractivity contribution is 9.10. The molecular weight excluding hydrogens is 296 g/mol. The molecule has 0 radical (unpaired) electrons. The molecule has 4 heteroatoms. The molecule has 1 nitrogen and oxygen atoms in total. The van der Waals surface area contributed by atoms with Gasteiger partial charge in [-0.25, -0.2) is 0 Å². The number of benzene rings is 1. The van der Waals surface area contributed by atoms with E-state index in [0.29, 0.717) is 17.0 Å². The standard InChI is InChI=1S/C11H12BrClOS/c12-8-1-2-9(13)10(5-8)14-6-11(7-15)3-4-11/h1-2,5,15H,3-4,6-7H2. The Labute approximate surface area is 109 Å². The Morgan fingerprint density at radius 3 is 2.80 bits per heavy atom. The Kier molecular flexibility index (Phi) is 3.53. The number of rotatable bonds is 4. The molecule has 0 N–H and O–H groups in total. The molecule has 82 valence electrons. The fourth-order valence-electron chi connectivity index (χ4n) is 1.34. The van der Waals surface area contributed by atoms with Gasteiger partial charge in [0.15, 0.2) is 0 Å². The lowest BCUT2D eigenvalue weighted by Crippen LogP contribution is -2.14. The second kappa shape index (κ2) is 4.56. The van der Waals surface area contributed by atoms with Crippen molar-refractivity contribution in [2.45, 2.75) is 12.8 Å². The second-order valence-electron chi connectivity index (χ2n) is 4.02. The molecule has 2 rings (SSSR count). The van der Waals surface area contributed by atoms with Gasteiger partial charge in [0.1, 0.15) is 5.75 Å². The molecule has 0 aliphatic heterocycles. The average Bonchev–Trinajstić information content (AvgIpc) is 3.00. The van der Waals surface area contributed by atoms with Crippen molar-refractivity contribution in [3.05, 3.63) is 27.7 Å². The summed E-state index contributed by atoms with van der Waals surface area (Å²) in [6.45, 7) is 0.715. The zero-order valence-corrected chi connectivity index (χ0v) is 11.4. The fourth-order valence-corrected chi connectivity index (χ4v) is 2.26. The molecule has 0 spiro atoms. The first kappa shape index (κ1) is 11.6. The van der Waals surface area contributed by atoms with Crippen LogP contribution in [0.4, 0.5) is 0 Å². The van der Waals surface area contributed by atoms with E-state index in [2.05, 4.69) is 28.6 Å². The Bertz CT molecular complexity index is 366. The average molecular weight is 308 g/mol. The molecule has 1 aliphatic rings. The molecular formula is C11H12BrClOS. The van der Waals surface area contributed by atoms with Gasteiger partial charge in [-0.2, -0.15) is 12.6 Å². The van der Waals surface area contributed by atoms with Crippen LogP contribution in [0.1, 0.15) is 12.8 Å². The van der Waals surface area contributed by atoms with E-state index in [-0.39, 0.29) is 0 Å². The third kappa shape index (κ3) is 2.83. The molecule has 0 unspecified atom stereocenters. The summed E-state index contributed by atoms with van der Waals surface area (Å²) >= 11 is 13.8. The molecule has 1 aromatic carbocycles. The van der Waals surface area contributed by atoms with Gasteiger partial charge in [0.2, 0.25) is 0 Å². The summed E-state index contributed by atoms with van der Waals surface area (Å²) in [5.74, 6) is 1.64. The third-order valence-corrected chi connectivity index (χ3v) is 4.20. The van der Waals surface area contributed by atoms with Crippen LogP contribution in [0, 0.1) is 5.41 Å². The molecule has 1 aliphatic carbocycles. The maximum absolute atomic E-state index is 6.02. The van der Waals surface area contributed by atoms with Crippen LogP contribution in [-0.4, -0.2) is 12.4 Å². The van der Waals surface area contributed by atoms with E-state index < -0.39 is 0 Å². The predicted molar refractivity (Wildman–Crippen MR) is 70.2 cm³/mol. The molecule has 0 atom stereocenters. The fraction of sp³-hybridized carbons (Fsp3) is 0.455. The highest BCUT2D eigenvalue weighted by Crippen LogP contribution is 2.47. The van der Waals surface area contributed by atoms with Crippen LogP contribution in [-0.2, 0) is 0 Å². The number of halogens is 2. The van der Waals surface area contributed by atoms with Crippen LogP contribution in [0.3, 0.4) is 0 Å². The molecule has 0 aromatic heterocycles. The summed E-state index contributed by atoms with van der Waals surface area (Å²) in [5.41, 5.74) is 0.300. The van der Waals surface area contributed by atoms with Gasteiger partial charge < -0.3 is 4.74 Å². The van der Waals surface area contributed by atoms with Gasteiger partial charge >= 0.3 is 0 Å². The largest absolute Gasteiger partial charge is 0.491 e. The van der Waals surface area contributed by atoms with Gasteiger partial charge in [-0.05, 0) is 36.8 Å². The highest BCUT2D eigenvalue weighted by atomic mass is 79.9. The van der Waals surface area contributed by atoms with Crippen LogP contribution >= 0.6 is 40.2 Å². The minimum Gasteiger partial charge on any atom is -0.491 e. The number of thiol groups is 1. The van der Waals surface area contributed by atoms with Gasteiger partial charge in [-0.3, -0.25) is 0 Å². The lowest BCUT2D eigenvalue weighted by Gasteiger charge is -2.14. The molecule has 1 aromatic rings. The summed E-state index contributed by atoms with van der Waals surface area (Å²) in [6.07, 6.45) is 2.42. The lowest BCUT2D eigenvalue weighted by molar-refractivity contribution is 0.251. The summed E-state index contributed by atoms with van der Waals surface area (Å²) < 4.78 is 6.71. The number of hydrogen-bond acceptors (Lipinski definition) is 2. The SMILES string of the molecule is SCC1(COc2cc(Br)ccc2Cl)CC1. The van der Waals surface area contributed by atoms with Crippen molar-refractivity contribution in [2.75, 3.05) is 12.4 Å². The topological polar surface area (TPSA) is 9.23 Å². The van der Waals surface area contributed by atoms with Crippen molar-refractivity contribution >= 4 is 40.2 Å². The van der Waals surface area contributed by atoms with E-state index >= 15 is 0 Å². The van der Waals surface area contributed by atoms with Gasteiger partial charge in [0.05, 0.1) is 11.6 Å². The first-order valence-corrected chi connectivity index (χ1v) is 6.64. The maximum atomic E-state index is 6.02. The van der Waals surface area contributed by atoms with Crippen molar-refractivity contribution in [3.63, 3.8) is 0 Å². The maximum Gasteiger partial charge on any atom is 0.139 e. The molecule has 1 fully saturated rings. The predicted octanol–water partition coefficient (Wildman–Crippen LogP) is 4.19. The molecule has 1 saturated carbocycles. The highest BCUT2D eigenvalue weighted by Gasteiger charge is 2.42. The zero-order chi connectivity index (χ0) is 10.9. The van der Waals surface area contributed by atoms with E-state index in [9.17, 15) is 0 Å².